The second-order valence-corrected chi connectivity index (χ2v) is 3.93. The van der Waals surface area contributed by atoms with Crippen molar-refractivity contribution in [3.05, 3.63) is 35.4 Å². The van der Waals surface area contributed by atoms with Crippen molar-refractivity contribution in [1.29, 1.82) is 0 Å². The Morgan fingerprint density at radius 2 is 1.60 bits per heavy atom. The summed E-state index contributed by atoms with van der Waals surface area (Å²) in [4.78, 5) is 24.5. The molecular formula is C10H7Cl2NO2. The van der Waals surface area contributed by atoms with Crippen molar-refractivity contribution < 1.29 is 9.59 Å². The zero-order chi connectivity index (χ0) is 11.0. The van der Waals surface area contributed by atoms with Gasteiger partial charge >= 0.3 is 0 Å². The van der Waals surface area contributed by atoms with Gasteiger partial charge in [0.15, 0.2) is 0 Å². The SMILES string of the molecule is O=C1c2ccccc2C(=O)N1C(Cl)CCl. The van der Waals surface area contributed by atoms with Crippen LogP contribution in [0, 0.1) is 0 Å². The van der Waals surface area contributed by atoms with Gasteiger partial charge in [0.2, 0.25) is 0 Å². The lowest BCUT2D eigenvalue weighted by Gasteiger charge is -2.17. The van der Waals surface area contributed by atoms with E-state index in [1.54, 1.807) is 24.3 Å². The topological polar surface area (TPSA) is 37.4 Å². The number of fused-ring (bicyclic) bond motifs is 1. The third-order valence-electron chi connectivity index (χ3n) is 2.23. The zero-order valence-electron chi connectivity index (χ0n) is 7.61. The van der Waals surface area contributed by atoms with Crippen molar-refractivity contribution in [2.24, 2.45) is 0 Å². The molecule has 3 nitrogen and oxygen atoms in total. The van der Waals surface area contributed by atoms with Crippen molar-refractivity contribution in [3.8, 4) is 0 Å². The van der Waals surface area contributed by atoms with Gasteiger partial charge in [0.25, 0.3) is 11.8 Å². The maximum absolute atomic E-state index is 11.8. The average molecular weight is 244 g/mol. The minimum atomic E-state index is -0.793. The van der Waals surface area contributed by atoms with E-state index in [2.05, 4.69) is 0 Å². The highest BCUT2D eigenvalue weighted by molar-refractivity contribution is 6.32. The fourth-order valence-electron chi connectivity index (χ4n) is 1.53. The van der Waals surface area contributed by atoms with Crippen LogP contribution in [0.5, 0.6) is 0 Å². The Labute approximate surface area is 96.6 Å². The van der Waals surface area contributed by atoms with Gasteiger partial charge in [-0.05, 0) is 12.1 Å². The first-order valence-corrected chi connectivity index (χ1v) is 5.31. The van der Waals surface area contributed by atoms with Crippen LogP contribution in [-0.2, 0) is 0 Å². The molecule has 1 aliphatic rings. The Hall–Kier alpha value is -1.06. The van der Waals surface area contributed by atoms with Crippen molar-refractivity contribution in [2.45, 2.75) is 5.50 Å². The van der Waals surface area contributed by atoms with E-state index in [1.807, 2.05) is 0 Å². The molecule has 0 saturated heterocycles. The van der Waals surface area contributed by atoms with Crippen LogP contribution in [0.2, 0.25) is 0 Å². The monoisotopic (exact) mass is 243 g/mol. The van der Waals surface area contributed by atoms with Gasteiger partial charge in [-0.2, -0.15) is 0 Å². The largest absolute Gasteiger partial charge is 0.269 e. The summed E-state index contributed by atoms with van der Waals surface area (Å²) >= 11 is 11.3. The number of benzene rings is 1. The summed E-state index contributed by atoms with van der Waals surface area (Å²) in [5.41, 5.74) is -0.0180. The van der Waals surface area contributed by atoms with E-state index in [0.717, 1.165) is 4.90 Å². The van der Waals surface area contributed by atoms with Crippen LogP contribution in [0.15, 0.2) is 24.3 Å². The number of halogens is 2. The number of alkyl halides is 2. The Kier molecular flexibility index (Phi) is 2.67. The van der Waals surface area contributed by atoms with Gasteiger partial charge in [-0.25, -0.2) is 0 Å². The second-order valence-electron chi connectivity index (χ2n) is 3.11. The molecule has 15 heavy (non-hydrogen) atoms. The minimum absolute atomic E-state index is 0.0209. The summed E-state index contributed by atoms with van der Waals surface area (Å²) < 4.78 is 0. The predicted octanol–water partition coefficient (Wildman–Crippen LogP) is 2.09. The minimum Gasteiger partial charge on any atom is -0.269 e. The molecule has 5 heteroatoms. The van der Waals surface area contributed by atoms with Crippen molar-refractivity contribution in [1.82, 2.24) is 4.90 Å². The van der Waals surface area contributed by atoms with Gasteiger partial charge in [-0.3, -0.25) is 14.5 Å². The Morgan fingerprint density at radius 1 is 1.13 bits per heavy atom. The molecular weight excluding hydrogens is 237 g/mol. The van der Waals surface area contributed by atoms with E-state index in [4.69, 9.17) is 23.2 Å². The third-order valence-corrected chi connectivity index (χ3v) is 3.03. The lowest BCUT2D eigenvalue weighted by atomic mass is 10.1. The van der Waals surface area contributed by atoms with E-state index in [9.17, 15) is 9.59 Å². The Bertz CT molecular complexity index is 398. The van der Waals surface area contributed by atoms with Gasteiger partial charge in [-0.1, -0.05) is 23.7 Å². The molecule has 0 aliphatic carbocycles. The molecule has 1 unspecified atom stereocenters. The molecule has 0 spiro atoms. The molecule has 2 rings (SSSR count). The molecule has 0 saturated carbocycles. The summed E-state index contributed by atoms with van der Waals surface area (Å²) in [6.45, 7) is 0. The predicted molar refractivity (Wildman–Crippen MR) is 57.3 cm³/mol. The maximum atomic E-state index is 11.8. The van der Waals surface area contributed by atoms with Crippen molar-refractivity contribution in [2.75, 3.05) is 5.88 Å². The number of carbonyl (C=O) groups excluding carboxylic acids is 2. The average Bonchev–Trinajstić information content (AvgIpc) is 2.52. The van der Waals surface area contributed by atoms with Crippen LogP contribution in [-0.4, -0.2) is 28.1 Å². The quantitative estimate of drug-likeness (QED) is 0.453. The molecule has 1 heterocycles. The van der Waals surface area contributed by atoms with Gasteiger partial charge in [0, 0.05) is 0 Å². The molecule has 0 N–H and O–H groups in total. The third kappa shape index (κ3) is 1.52. The van der Waals surface area contributed by atoms with Crippen molar-refractivity contribution >= 4 is 35.0 Å². The zero-order valence-corrected chi connectivity index (χ0v) is 9.13. The molecule has 2 amide bonds. The molecule has 0 radical (unpaired) electrons. The van der Waals surface area contributed by atoms with Crippen LogP contribution in [0.25, 0.3) is 0 Å². The first-order chi connectivity index (χ1) is 7.16. The molecule has 1 aromatic rings. The smallest absolute Gasteiger partial charge is 0.262 e. The van der Waals surface area contributed by atoms with E-state index in [1.165, 1.54) is 0 Å². The summed E-state index contributed by atoms with van der Waals surface area (Å²) in [7, 11) is 0. The number of hydrogen-bond donors (Lipinski definition) is 0. The first kappa shape index (κ1) is 10.5. The lowest BCUT2D eigenvalue weighted by molar-refractivity contribution is 0.0644. The highest BCUT2D eigenvalue weighted by atomic mass is 35.5. The summed E-state index contributed by atoms with van der Waals surface area (Å²) in [5, 5.41) is 0. The molecule has 0 fully saturated rings. The van der Waals surface area contributed by atoms with Gasteiger partial charge in [-0.15, -0.1) is 11.6 Å². The fraction of sp³-hybridized carbons (Fsp3) is 0.200. The summed E-state index contributed by atoms with van der Waals surface area (Å²) in [5.74, 6) is -0.736. The van der Waals surface area contributed by atoms with E-state index >= 15 is 0 Å². The van der Waals surface area contributed by atoms with Crippen LogP contribution >= 0.6 is 23.2 Å². The lowest BCUT2D eigenvalue weighted by Crippen LogP contribution is -2.37. The number of imide groups is 1. The molecule has 0 bridgehead atoms. The van der Waals surface area contributed by atoms with Crippen LogP contribution in [0.4, 0.5) is 0 Å². The fourth-order valence-corrected chi connectivity index (χ4v) is 1.85. The Balaban J connectivity index is 2.45. The van der Waals surface area contributed by atoms with Gasteiger partial charge in [0.05, 0.1) is 17.0 Å². The second kappa shape index (κ2) is 3.83. The van der Waals surface area contributed by atoms with E-state index < -0.39 is 5.50 Å². The molecule has 1 aliphatic heterocycles. The number of carbonyl (C=O) groups is 2. The van der Waals surface area contributed by atoms with Crippen molar-refractivity contribution in [3.63, 3.8) is 0 Å². The molecule has 78 valence electrons. The summed E-state index contributed by atoms with van der Waals surface area (Å²) in [6, 6.07) is 6.62. The van der Waals surface area contributed by atoms with Crippen LogP contribution < -0.4 is 0 Å². The number of hydrogen-bond acceptors (Lipinski definition) is 2. The number of rotatable bonds is 2. The highest BCUT2D eigenvalue weighted by Gasteiger charge is 2.38. The molecule has 1 aromatic carbocycles. The normalized spacial score (nSPS) is 16.8. The maximum Gasteiger partial charge on any atom is 0.262 e. The molecule has 1 atom stereocenters. The number of amides is 2. The highest BCUT2D eigenvalue weighted by Crippen LogP contribution is 2.25. The number of nitrogens with zero attached hydrogens (tertiary/aromatic N) is 1. The van der Waals surface area contributed by atoms with E-state index in [0.29, 0.717) is 11.1 Å². The first-order valence-electron chi connectivity index (χ1n) is 4.33. The Morgan fingerprint density at radius 3 is 2.00 bits per heavy atom. The van der Waals surface area contributed by atoms with Crippen LogP contribution in [0.3, 0.4) is 0 Å². The van der Waals surface area contributed by atoms with Gasteiger partial charge < -0.3 is 0 Å². The molecule has 0 aromatic heterocycles. The standard InChI is InChI=1S/C10H7Cl2NO2/c11-5-8(12)13-9(14)6-3-1-2-4-7(6)10(13)15/h1-4,8H,5H2. The van der Waals surface area contributed by atoms with Crippen LogP contribution in [0.1, 0.15) is 20.7 Å². The van der Waals surface area contributed by atoms with Gasteiger partial charge in [0.1, 0.15) is 5.50 Å². The summed E-state index contributed by atoms with van der Waals surface area (Å²) in [6.07, 6.45) is 0. The van der Waals surface area contributed by atoms with E-state index in [-0.39, 0.29) is 17.7 Å².